The van der Waals surface area contributed by atoms with Gasteiger partial charge in [-0.3, -0.25) is 24.5 Å². The standard InChI is InChI=1S/C25H21N3O4/c29-22-11-10-21(24(31)27-22)28-14-17-12-18(8-9-20(17)25(28)32)26-23(30)13-16-6-3-5-15-4-1-2-7-19(15)16/h1-9,12,21H,10-11,13-14H2,(H,26,30)(H,27,29,31). The minimum absolute atomic E-state index is 0.146. The molecule has 32 heavy (non-hydrogen) atoms. The lowest BCUT2D eigenvalue weighted by molar-refractivity contribution is -0.137. The average Bonchev–Trinajstić information content (AvgIpc) is 3.09. The minimum Gasteiger partial charge on any atom is -0.326 e. The highest BCUT2D eigenvalue weighted by Crippen LogP contribution is 2.29. The Balaban J connectivity index is 1.30. The molecule has 2 aliphatic heterocycles. The number of imide groups is 1. The van der Waals surface area contributed by atoms with E-state index in [1.54, 1.807) is 18.2 Å². The van der Waals surface area contributed by atoms with Crippen LogP contribution in [0.25, 0.3) is 10.8 Å². The Bertz CT molecular complexity index is 1280. The fourth-order valence-electron chi connectivity index (χ4n) is 4.48. The summed E-state index contributed by atoms with van der Waals surface area (Å²) >= 11 is 0. The van der Waals surface area contributed by atoms with Crippen molar-refractivity contribution in [3.63, 3.8) is 0 Å². The lowest BCUT2D eigenvalue weighted by atomic mass is 10.0. The van der Waals surface area contributed by atoms with Crippen molar-refractivity contribution in [1.29, 1.82) is 0 Å². The first kappa shape index (κ1) is 19.9. The Labute approximate surface area is 184 Å². The third-order valence-corrected chi connectivity index (χ3v) is 6.04. The number of carbonyl (C=O) groups is 4. The molecule has 1 atom stereocenters. The summed E-state index contributed by atoms with van der Waals surface area (Å²) in [7, 11) is 0. The summed E-state index contributed by atoms with van der Waals surface area (Å²) in [4.78, 5) is 50.6. The number of amides is 4. The van der Waals surface area contributed by atoms with Gasteiger partial charge in [-0.2, -0.15) is 0 Å². The van der Waals surface area contributed by atoms with Crippen molar-refractivity contribution in [2.45, 2.75) is 31.8 Å². The van der Waals surface area contributed by atoms with Gasteiger partial charge in [0.2, 0.25) is 17.7 Å². The first-order valence-corrected chi connectivity index (χ1v) is 10.5. The number of rotatable bonds is 4. The minimum atomic E-state index is -0.656. The smallest absolute Gasteiger partial charge is 0.255 e. The van der Waals surface area contributed by atoms with Crippen molar-refractivity contribution in [2.24, 2.45) is 0 Å². The molecule has 7 heteroatoms. The monoisotopic (exact) mass is 427 g/mol. The first-order valence-electron chi connectivity index (χ1n) is 10.5. The van der Waals surface area contributed by atoms with Crippen molar-refractivity contribution in [2.75, 3.05) is 5.32 Å². The van der Waals surface area contributed by atoms with E-state index >= 15 is 0 Å². The van der Waals surface area contributed by atoms with Crippen LogP contribution in [-0.2, 0) is 27.3 Å². The molecule has 2 N–H and O–H groups in total. The predicted octanol–water partition coefficient (Wildman–Crippen LogP) is 2.78. The molecule has 0 bridgehead atoms. The SMILES string of the molecule is O=C1CCC(N2Cc3cc(NC(=O)Cc4cccc5ccccc45)ccc3C2=O)C(=O)N1. The second-order valence-corrected chi connectivity index (χ2v) is 8.14. The Kier molecular flexibility index (Phi) is 4.93. The molecule has 3 aromatic carbocycles. The molecule has 0 spiro atoms. The van der Waals surface area contributed by atoms with Crippen LogP contribution in [0.1, 0.15) is 34.3 Å². The molecular weight excluding hydrogens is 406 g/mol. The van der Waals surface area contributed by atoms with E-state index in [2.05, 4.69) is 10.6 Å². The summed E-state index contributed by atoms with van der Waals surface area (Å²) < 4.78 is 0. The second kappa shape index (κ2) is 7.92. The lowest BCUT2D eigenvalue weighted by Crippen LogP contribution is -2.52. The molecular formula is C25H21N3O4. The quantitative estimate of drug-likeness (QED) is 0.626. The average molecular weight is 427 g/mol. The van der Waals surface area contributed by atoms with E-state index in [4.69, 9.17) is 0 Å². The van der Waals surface area contributed by atoms with E-state index in [1.165, 1.54) is 4.90 Å². The molecule has 4 amide bonds. The van der Waals surface area contributed by atoms with Gasteiger partial charge in [-0.15, -0.1) is 0 Å². The third kappa shape index (κ3) is 3.62. The normalized spacial score (nSPS) is 17.9. The van der Waals surface area contributed by atoms with Crippen molar-refractivity contribution < 1.29 is 19.2 Å². The van der Waals surface area contributed by atoms with Gasteiger partial charge >= 0.3 is 0 Å². The third-order valence-electron chi connectivity index (χ3n) is 6.04. The van der Waals surface area contributed by atoms with Crippen molar-refractivity contribution in [3.8, 4) is 0 Å². The van der Waals surface area contributed by atoms with Crippen LogP contribution >= 0.6 is 0 Å². The van der Waals surface area contributed by atoms with Gasteiger partial charge in [0.1, 0.15) is 6.04 Å². The van der Waals surface area contributed by atoms with Crippen LogP contribution in [0.5, 0.6) is 0 Å². The number of piperidine rings is 1. The maximum absolute atomic E-state index is 12.8. The van der Waals surface area contributed by atoms with E-state index in [9.17, 15) is 19.2 Å². The zero-order valence-corrected chi connectivity index (χ0v) is 17.3. The van der Waals surface area contributed by atoms with Crippen LogP contribution in [0.2, 0.25) is 0 Å². The molecule has 0 radical (unpaired) electrons. The van der Waals surface area contributed by atoms with Gasteiger partial charge in [-0.25, -0.2) is 0 Å². The zero-order chi connectivity index (χ0) is 22.2. The maximum Gasteiger partial charge on any atom is 0.255 e. The second-order valence-electron chi connectivity index (χ2n) is 8.14. The van der Waals surface area contributed by atoms with Crippen molar-refractivity contribution in [1.82, 2.24) is 10.2 Å². The summed E-state index contributed by atoms with van der Waals surface area (Å²) in [6.45, 7) is 0.271. The Morgan fingerprint density at radius 1 is 1.03 bits per heavy atom. The van der Waals surface area contributed by atoms with E-state index in [0.717, 1.165) is 21.9 Å². The molecule has 1 fully saturated rings. The summed E-state index contributed by atoms with van der Waals surface area (Å²) in [6, 6.07) is 18.3. The van der Waals surface area contributed by atoms with Crippen molar-refractivity contribution in [3.05, 3.63) is 77.4 Å². The molecule has 2 heterocycles. The van der Waals surface area contributed by atoms with Gasteiger partial charge in [0.25, 0.3) is 5.91 Å². The molecule has 0 aromatic heterocycles. The zero-order valence-electron chi connectivity index (χ0n) is 17.3. The van der Waals surface area contributed by atoms with Crippen LogP contribution < -0.4 is 10.6 Å². The predicted molar refractivity (Wildman–Crippen MR) is 119 cm³/mol. The van der Waals surface area contributed by atoms with Crippen LogP contribution in [0.15, 0.2) is 60.7 Å². The van der Waals surface area contributed by atoms with Crippen molar-refractivity contribution >= 4 is 40.1 Å². The topological polar surface area (TPSA) is 95.6 Å². The van der Waals surface area contributed by atoms with Gasteiger partial charge < -0.3 is 10.2 Å². The summed E-state index contributed by atoms with van der Waals surface area (Å²) in [6.07, 6.45) is 0.769. The maximum atomic E-state index is 12.8. The molecule has 7 nitrogen and oxygen atoms in total. The molecule has 3 aromatic rings. The number of nitrogens with zero attached hydrogens (tertiary/aromatic N) is 1. The number of anilines is 1. The van der Waals surface area contributed by atoms with Gasteiger partial charge in [0.05, 0.1) is 6.42 Å². The molecule has 5 rings (SSSR count). The number of hydrogen-bond acceptors (Lipinski definition) is 4. The molecule has 0 saturated carbocycles. The Hall–Kier alpha value is -4.00. The summed E-state index contributed by atoms with van der Waals surface area (Å²) in [5.74, 6) is -1.13. The van der Waals surface area contributed by atoms with E-state index in [-0.39, 0.29) is 37.1 Å². The van der Waals surface area contributed by atoms with Gasteiger partial charge in [0, 0.05) is 24.2 Å². The molecule has 1 saturated heterocycles. The molecule has 1 unspecified atom stereocenters. The fraction of sp³-hybridized carbons (Fsp3) is 0.200. The highest BCUT2D eigenvalue weighted by molar-refractivity contribution is 6.06. The molecule has 160 valence electrons. The summed E-state index contributed by atoms with van der Waals surface area (Å²) in [5.41, 5.74) is 2.82. The number of fused-ring (bicyclic) bond motifs is 2. The fourth-order valence-corrected chi connectivity index (χ4v) is 4.48. The van der Waals surface area contributed by atoms with E-state index in [1.807, 2.05) is 42.5 Å². The number of hydrogen-bond donors (Lipinski definition) is 2. The highest BCUT2D eigenvalue weighted by Gasteiger charge is 2.39. The van der Waals surface area contributed by atoms with Gasteiger partial charge in [0.15, 0.2) is 0 Å². The number of benzene rings is 3. The van der Waals surface area contributed by atoms with E-state index in [0.29, 0.717) is 17.7 Å². The van der Waals surface area contributed by atoms with Crippen LogP contribution in [0.3, 0.4) is 0 Å². The first-order chi connectivity index (χ1) is 15.5. The molecule has 0 aliphatic carbocycles. The van der Waals surface area contributed by atoms with Gasteiger partial charge in [-0.05, 0) is 46.5 Å². The number of carbonyl (C=O) groups excluding carboxylic acids is 4. The Morgan fingerprint density at radius 2 is 1.84 bits per heavy atom. The van der Waals surface area contributed by atoms with Crippen LogP contribution in [-0.4, -0.2) is 34.6 Å². The number of nitrogens with one attached hydrogen (secondary N) is 2. The summed E-state index contributed by atoms with van der Waals surface area (Å²) in [5, 5.41) is 7.35. The van der Waals surface area contributed by atoms with Crippen LogP contribution in [0.4, 0.5) is 5.69 Å². The molecule has 2 aliphatic rings. The van der Waals surface area contributed by atoms with Gasteiger partial charge in [-0.1, -0.05) is 42.5 Å². The Morgan fingerprint density at radius 3 is 2.69 bits per heavy atom. The largest absolute Gasteiger partial charge is 0.326 e. The lowest BCUT2D eigenvalue weighted by Gasteiger charge is -2.29. The van der Waals surface area contributed by atoms with E-state index < -0.39 is 11.9 Å². The van der Waals surface area contributed by atoms with Crippen LogP contribution in [0, 0.1) is 0 Å². The highest BCUT2D eigenvalue weighted by atomic mass is 16.2.